The lowest BCUT2D eigenvalue weighted by Crippen LogP contribution is -1.95. The van der Waals surface area contributed by atoms with Gasteiger partial charge in [-0.05, 0) is 42.3 Å². The minimum Gasteiger partial charge on any atom is -0.484 e. The first kappa shape index (κ1) is 16.1. The van der Waals surface area contributed by atoms with Crippen LogP contribution in [0.4, 0.5) is 0 Å². The molecule has 0 saturated carbocycles. The van der Waals surface area contributed by atoms with Crippen LogP contribution in [0, 0.1) is 6.92 Å². The lowest BCUT2D eigenvalue weighted by molar-refractivity contribution is 0.264. The summed E-state index contributed by atoms with van der Waals surface area (Å²) in [7, 11) is 0. The van der Waals surface area contributed by atoms with Gasteiger partial charge in [-0.25, -0.2) is 0 Å². The number of aromatic nitrogens is 2. The minimum atomic E-state index is 0.240. The van der Waals surface area contributed by atoms with Crippen LogP contribution in [0.5, 0.6) is 5.75 Å². The highest BCUT2D eigenvalue weighted by Crippen LogP contribution is 2.23. The molecule has 128 valence electrons. The SMILES string of the molecule is Cc1ccc(-c2nnc(COc3ccc(-c4ccccc4)cc3)o2)cc1. The number of benzene rings is 3. The molecular formula is C22H18N2O2. The normalized spacial score (nSPS) is 10.7. The van der Waals surface area contributed by atoms with E-state index in [0.717, 1.165) is 16.9 Å². The third-order valence-electron chi connectivity index (χ3n) is 4.09. The van der Waals surface area contributed by atoms with Crippen LogP contribution in [0.2, 0.25) is 0 Å². The van der Waals surface area contributed by atoms with E-state index in [4.69, 9.17) is 9.15 Å². The second kappa shape index (κ2) is 7.23. The third kappa shape index (κ3) is 3.64. The number of nitrogens with zero attached hydrogens (tertiary/aromatic N) is 2. The van der Waals surface area contributed by atoms with Crippen LogP contribution in [-0.2, 0) is 6.61 Å². The van der Waals surface area contributed by atoms with Gasteiger partial charge in [0.1, 0.15) is 5.75 Å². The number of hydrogen-bond acceptors (Lipinski definition) is 4. The molecule has 0 bridgehead atoms. The summed E-state index contributed by atoms with van der Waals surface area (Å²) in [6, 6.07) is 26.2. The number of rotatable bonds is 5. The van der Waals surface area contributed by atoms with E-state index in [1.807, 2.05) is 73.7 Å². The molecule has 26 heavy (non-hydrogen) atoms. The van der Waals surface area contributed by atoms with Crippen molar-refractivity contribution in [3.63, 3.8) is 0 Å². The minimum absolute atomic E-state index is 0.240. The van der Waals surface area contributed by atoms with Crippen LogP contribution >= 0.6 is 0 Å². The lowest BCUT2D eigenvalue weighted by Gasteiger charge is -2.05. The van der Waals surface area contributed by atoms with Crippen LogP contribution in [-0.4, -0.2) is 10.2 Å². The Kier molecular flexibility index (Phi) is 4.48. The Morgan fingerprint density at radius 1 is 0.731 bits per heavy atom. The van der Waals surface area contributed by atoms with Gasteiger partial charge in [-0.1, -0.05) is 60.2 Å². The average molecular weight is 342 g/mol. The molecule has 0 saturated heterocycles. The van der Waals surface area contributed by atoms with E-state index in [-0.39, 0.29) is 6.61 Å². The Labute approximate surface area is 152 Å². The quantitative estimate of drug-likeness (QED) is 0.494. The Morgan fingerprint density at radius 3 is 2.12 bits per heavy atom. The van der Waals surface area contributed by atoms with Crippen molar-refractivity contribution in [3.8, 4) is 28.3 Å². The highest BCUT2D eigenvalue weighted by molar-refractivity contribution is 5.63. The molecule has 4 aromatic rings. The van der Waals surface area contributed by atoms with Crippen molar-refractivity contribution in [2.75, 3.05) is 0 Å². The largest absolute Gasteiger partial charge is 0.484 e. The van der Waals surface area contributed by atoms with E-state index in [1.54, 1.807) is 0 Å². The zero-order chi connectivity index (χ0) is 17.8. The predicted molar refractivity (Wildman–Crippen MR) is 101 cm³/mol. The Morgan fingerprint density at radius 2 is 1.38 bits per heavy atom. The van der Waals surface area contributed by atoms with Gasteiger partial charge in [0, 0.05) is 5.56 Å². The van der Waals surface area contributed by atoms with E-state index in [0.29, 0.717) is 11.8 Å². The van der Waals surface area contributed by atoms with Crippen LogP contribution in [0.1, 0.15) is 11.5 Å². The molecule has 0 N–H and O–H groups in total. The molecule has 0 radical (unpaired) electrons. The van der Waals surface area contributed by atoms with Crippen molar-refractivity contribution in [1.82, 2.24) is 10.2 Å². The van der Waals surface area contributed by atoms with E-state index in [2.05, 4.69) is 22.3 Å². The molecule has 0 spiro atoms. The molecule has 0 atom stereocenters. The maximum atomic E-state index is 5.75. The highest BCUT2D eigenvalue weighted by atomic mass is 16.5. The first-order chi connectivity index (χ1) is 12.8. The fraction of sp³-hybridized carbons (Fsp3) is 0.0909. The van der Waals surface area contributed by atoms with Crippen molar-refractivity contribution in [2.24, 2.45) is 0 Å². The number of hydrogen-bond donors (Lipinski definition) is 0. The van der Waals surface area contributed by atoms with E-state index < -0.39 is 0 Å². The standard InChI is InChI=1S/C22H18N2O2/c1-16-7-9-19(10-8-16)22-24-23-21(26-22)15-25-20-13-11-18(12-14-20)17-5-3-2-4-6-17/h2-14H,15H2,1H3. The van der Waals surface area contributed by atoms with Gasteiger partial charge >= 0.3 is 0 Å². The summed E-state index contributed by atoms with van der Waals surface area (Å²) in [4.78, 5) is 0. The molecule has 0 amide bonds. The number of aryl methyl sites for hydroxylation is 1. The van der Waals surface area contributed by atoms with E-state index in [1.165, 1.54) is 11.1 Å². The summed E-state index contributed by atoms with van der Waals surface area (Å²) in [5.41, 5.74) is 4.42. The maximum Gasteiger partial charge on any atom is 0.254 e. The van der Waals surface area contributed by atoms with Crippen molar-refractivity contribution in [3.05, 3.63) is 90.3 Å². The smallest absolute Gasteiger partial charge is 0.254 e. The topological polar surface area (TPSA) is 48.2 Å². The molecule has 0 fully saturated rings. The summed E-state index contributed by atoms with van der Waals surface area (Å²) in [5, 5.41) is 8.14. The molecule has 4 rings (SSSR count). The fourth-order valence-corrected chi connectivity index (χ4v) is 2.64. The molecule has 0 aliphatic carbocycles. The summed E-state index contributed by atoms with van der Waals surface area (Å²) in [6.07, 6.45) is 0. The molecule has 0 aliphatic rings. The average Bonchev–Trinajstić information content (AvgIpc) is 3.17. The van der Waals surface area contributed by atoms with Gasteiger partial charge in [0.15, 0.2) is 6.61 Å². The maximum absolute atomic E-state index is 5.75. The van der Waals surface area contributed by atoms with E-state index in [9.17, 15) is 0 Å². The third-order valence-corrected chi connectivity index (χ3v) is 4.09. The van der Waals surface area contributed by atoms with Crippen LogP contribution in [0.15, 0.2) is 83.3 Å². The zero-order valence-electron chi connectivity index (χ0n) is 14.4. The molecule has 4 heteroatoms. The van der Waals surface area contributed by atoms with Crippen molar-refractivity contribution in [1.29, 1.82) is 0 Å². The monoisotopic (exact) mass is 342 g/mol. The molecule has 3 aromatic carbocycles. The lowest BCUT2D eigenvalue weighted by atomic mass is 10.1. The second-order valence-corrected chi connectivity index (χ2v) is 6.05. The van der Waals surface area contributed by atoms with Crippen LogP contribution in [0.3, 0.4) is 0 Å². The molecule has 1 heterocycles. The second-order valence-electron chi connectivity index (χ2n) is 6.05. The number of ether oxygens (including phenoxy) is 1. The Bertz CT molecular complexity index is 975. The summed E-state index contributed by atoms with van der Waals surface area (Å²) in [5.74, 6) is 1.72. The van der Waals surface area contributed by atoms with Gasteiger partial charge in [-0.2, -0.15) is 0 Å². The first-order valence-corrected chi connectivity index (χ1v) is 8.46. The predicted octanol–water partition coefficient (Wildman–Crippen LogP) is 5.29. The summed E-state index contributed by atoms with van der Waals surface area (Å²) < 4.78 is 11.4. The zero-order valence-corrected chi connectivity index (χ0v) is 14.4. The van der Waals surface area contributed by atoms with Gasteiger partial charge in [0.05, 0.1) is 0 Å². The summed E-state index contributed by atoms with van der Waals surface area (Å²) >= 11 is 0. The first-order valence-electron chi connectivity index (χ1n) is 8.46. The summed E-state index contributed by atoms with van der Waals surface area (Å²) in [6.45, 7) is 2.28. The molecule has 0 unspecified atom stereocenters. The fourth-order valence-electron chi connectivity index (χ4n) is 2.64. The van der Waals surface area contributed by atoms with Crippen molar-refractivity contribution >= 4 is 0 Å². The molecular weight excluding hydrogens is 324 g/mol. The van der Waals surface area contributed by atoms with Gasteiger partial charge in [-0.3, -0.25) is 0 Å². The van der Waals surface area contributed by atoms with Gasteiger partial charge in [0.2, 0.25) is 5.89 Å². The molecule has 1 aromatic heterocycles. The van der Waals surface area contributed by atoms with Crippen LogP contribution < -0.4 is 4.74 Å². The van der Waals surface area contributed by atoms with Gasteiger partial charge < -0.3 is 9.15 Å². The Hall–Kier alpha value is -3.40. The molecule has 4 nitrogen and oxygen atoms in total. The van der Waals surface area contributed by atoms with Crippen molar-refractivity contribution in [2.45, 2.75) is 13.5 Å². The molecule has 0 aliphatic heterocycles. The van der Waals surface area contributed by atoms with Gasteiger partial charge in [-0.15, -0.1) is 10.2 Å². The van der Waals surface area contributed by atoms with Crippen LogP contribution in [0.25, 0.3) is 22.6 Å². The van der Waals surface area contributed by atoms with Gasteiger partial charge in [0.25, 0.3) is 5.89 Å². The highest BCUT2D eigenvalue weighted by Gasteiger charge is 2.09. The Balaban J connectivity index is 1.41. The van der Waals surface area contributed by atoms with E-state index >= 15 is 0 Å². The van der Waals surface area contributed by atoms with Crippen molar-refractivity contribution < 1.29 is 9.15 Å².